The smallest absolute Gasteiger partial charge is 0.316 e. The Balaban J connectivity index is 2.49. The first-order valence-electron chi connectivity index (χ1n) is 5.40. The molecule has 4 heteroatoms. The standard InChI is InChI=1S/C13H15NO2S/c1-10-2-4-11(5-3-10)6-7-12(13(15)16)17-9-8-14/h2-5,12H,6-7,9H2,1H3,(H,15,16). The van der Waals surface area contributed by atoms with Crippen LogP contribution in [0.5, 0.6) is 0 Å². The Bertz CT molecular complexity index is 408. The van der Waals surface area contributed by atoms with E-state index in [0.717, 1.165) is 12.0 Å². The third-order valence-corrected chi connectivity index (χ3v) is 3.58. The van der Waals surface area contributed by atoms with Crippen LogP contribution < -0.4 is 0 Å². The van der Waals surface area contributed by atoms with Gasteiger partial charge in [0.25, 0.3) is 0 Å². The molecule has 0 aliphatic rings. The summed E-state index contributed by atoms with van der Waals surface area (Å²) >= 11 is 1.19. The van der Waals surface area contributed by atoms with Crippen molar-refractivity contribution in [3.8, 4) is 6.07 Å². The minimum atomic E-state index is -0.836. The Labute approximate surface area is 105 Å². The van der Waals surface area contributed by atoms with Crippen LogP contribution in [0.15, 0.2) is 24.3 Å². The van der Waals surface area contributed by atoms with Gasteiger partial charge < -0.3 is 5.11 Å². The van der Waals surface area contributed by atoms with Crippen LogP contribution in [-0.4, -0.2) is 22.1 Å². The summed E-state index contributed by atoms with van der Waals surface area (Å²) in [4.78, 5) is 11.0. The Kier molecular flexibility index (Phi) is 5.58. The zero-order chi connectivity index (χ0) is 12.7. The highest BCUT2D eigenvalue weighted by molar-refractivity contribution is 8.00. The van der Waals surface area contributed by atoms with Crippen molar-refractivity contribution in [2.45, 2.75) is 25.0 Å². The second-order valence-electron chi connectivity index (χ2n) is 3.82. The van der Waals surface area contributed by atoms with Gasteiger partial charge in [0.1, 0.15) is 5.25 Å². The number of carboxylic acids is 1. The van der Waals surface area contributed by atoms with E-state index < -0.39 is 11.2 Å². The lowest BCUT2D eigenvalue weighted by Gasteiger charge is -2.09. The zero-order valence-corrected chi connectivity index (χ0v) is 10.5. The molecule has 3 nitrogen and oxygen atoms in total. The molecule has 0 aromatic heterocycles. The summed E-state index contributed by atoms with van der Waals surface area (Å²) in [7, 11) is 0. The molecule has 1 N–H and O–H groups in total. The summed E-state index contributed by atoms with van der Waals surface area (Å²) in [5.41, 5.74) is 2.33. The number of carboxylic acid groups (broad SMARTS) is 1. The van der Waals surface area contributed by atoms with E-state index in [0.29, 0.717) is 6.42 Å². The van der Waals surface area contributed by atoms with Crippen LogP contribution in [0.1, 0.15) is 17.5 Å². The molecule has 90 valence electrons. The fraction of sp³-hybridized carbons (Fsp3) is 0.385. The van der Waals surface area contributed by atoms with Gasteiger partial charge in [0.15, 0.2) is 0 Å². The van der Waals surface area contributed by atoms with Crippen molar-refractivity contribution >= 4 is 17.7 Å². The van der Waals surface area contributed by atoms with Crippen molar-refractivity contribution in [2.75, 3.05) is 5.75 Å². The summed E-state index contributed by atoms with van der Waals surface area (Å²) < 4.78 is 0. The fourth-order valence-electron chi connectivity index (χ4n) is 1.47. The molecule has 0 spiro atoms. The molecule has 0 heterocycles. The van der Waals surface area contributed by atoms with Gasteiger partial charge in [-0.05, 0) is 25.3 Å². The maximum absolute atomic E-state index is 11.0. The van der Waals surface area contributed by atoms with Crippen molar-refractivity contribution in [1.82, 2.24) is 0 Å². The molecule has 17 heavy (non-hydrogen) atoms. The SMILES string of the molecule is Cc1ccc(CCC(SCC#N)C(=O)O)cc1. The van der Waals surface area contributed by atoms with Gasteiger partial charge in [0, 0.05) is 0 Å². The first-order chi connectivity index (χ1) is 8.13. The molecule has 0 aliphatic heterocycles. The normalized spacial score (nSPS) is 11.8. The molecule has 1 atom stereocenters. The summed E-state index contributed by atoms with van der Waals surface area (Å²) in [6.07, 6.45) is 1.29. The molecule has 0 bridgehead atoms. The summed E-state index contributed by atoms with van der Waals surface area (Å²) in [5, 5.41) is 17.0. The minimum absolute atomic E-state index is 0.227. The van der Waals surface area contributed by atoms with Crippen LogP contribution in [0.25, 0.3) is 0 Å². The predicted octanol–water partition coefficient (Wildman–Crippen LogP) is 2.64. The second-order valence-corrected chi connectivity index (χ2v) is 5.01. The van der Waals surface area contributed by atoms with E-state index in [1.54, 1.807) is 0 Å². The quantitative estimate of drug-likeness (QED) is 0.842. The maximum Gasteiger partial charge on any atom is 0.316 e. The molecule has 0 amide bonds. The number of rotatable bonds is 6. The predicted molar refractivity (Wildman–Crippen MR) is 69.0 cm³/mol. The Morgan fingerprint density at radius 2 is 2.12 bits per heavy atom. The number of aliphatic carboxylic acids is 1. The molecule has 0 saturated heterocycles. The van der Waals surface area contributed by atoms with Crippen LogP contribution in [-0.2, 0) is 11.2 Å². The van der Waals surface area contributed by atoms with E-state index in [1.165, 1.54) is 17.3 Å². The fourth-order valence-corrected chi connectivity index (χ4v) is 2.17. The molecule has 1 rings (SSSR count). The Morgan fingerprint density at radius 3 is 2.65 bits per heavy atom. The van der Waals surface area contributed by atoms with Crippen LogP contribution in [0.3, 0.4) is 0 Å². The van der Waals surface area contributed by atoms with Gasteiger partial charge in [-0.2, -0.15) is 5.26 Å². The van der Waals surface area contributed by atoms with E-state index in [-0.39, 0.29) is 5.75 Å². The van der Waals surface area contributed by atoms with E-state index in [9.17, 15) is 4.79 Å². The number of hydrogen-bond donors (Lipinski definition) is 1. The first-order valence-corrected chi connectivity index (χ1v) is 6.45. The number of aryl methyl sites for hydroxylation is 2. The summed E-state index contributed by atoms with van der Waals surface area (Å²) in [6, 6.07) is 10.0. The van der Waals surface area contributed by atoms with Gasteiger partial charge in [-0.15, -0.1) is 11.8 Å². The van der Waals surface area contributed by atoms with Crippen molar-refractivity contribution in [2.24, 2.45) is 0 Å². The highest BCUT2D eigenvalue weighted by Crippen LogP contribution is 2.17. The van der Waals surface area contributed by atoms with Crippen LogP contribution >= 0.6 is 11.8 Å². The van der Waals surface area contributed by atoms with E-state index >= 15 is 0 Å². The van der Waals surface area contributed by atoms with Gasteiger partial charge >= 0.3 is 5.97 Å². The molecule has 0 aliphatic carbocycles. The topological polar surface area (TPSA) is 61.1 Å². The summed E-state index contributed by atoms with van der Waals surface area (Å²) in [6.45, 7) is 2.02. The Morgan fingerprint density at radius 1 is 1.47 bits per heavy atom. The maximum atomic E-state index is 11.0. The van der Waals surface area contributed by atoms with Crippen LogP contribution in [0.2, 0.25) is 0 Å². The van der Waals surface area contributed by atoms with E-state index in [2.05, 4.69) is 0 Å². The number of carbonyl (C=O) groups is 1. The largest absolute Gasteiger partial charge is 0.480 e. The third kappa shape index (κ3) is 4.92. The lowest BCUT2D eigenvalue weighted by Crippen LogP contribution is -2.17. The lowest BCUT2D eigenvalue weighted by atomic mass is 10.1. The zero-order valence-electron chi connectivity index (χ0n) is 9.72. The Hall–Kier alpha value is -1.47. The second kappa shape index (κ2) is 6.97. The monoisotopic (exact) mass is 249 g/mol. The van der Waals surface area contributed by atoms with Crippen molar-refractivity contribution in [1.29, 1.82) is 5.26 Å². The number of thioether (sulfide) groups is 1. The van der Waals surface area contributed by atoms with Crippen molar-refractivity contribution < 1.29 is 9.90 Å². The van der Waals surface area contributed by atoms with Gasteiger partial charge in [0.05, 0.1) is 11.8 Å². The van der Waals surface area contributed by atoms with E-state index in [4.69, 9.17) is 10.4 Å². The number of nitriles is 1. The molecule has 0 saturated carbocycles. The molecule has 1 aromatic rings. The lowest BCUT2D eigenvalue weighted by molar-refractivity contribution is -0.136. The average Bonchev–Trinajstić information content (AvgIpc) is 2.31. The minimum Gasteiger partial charge on any atom is -0.480 e. The molecule has 0 radical (unpaired) electrons. The number of benzene rings is 1. The molecule has 0 fully saturated rings. The molecule has 1 aromatic carbocycles. The van der Waals surface area contributed by atoms with Crippen molar-refractivity contribution in [3.63, 3.8) is 0 Å². The van der Waals surface area contributed by atoms with Gasteiger partial charge in [-0.1, -0.05) is 29.8 Å². The highest BCUT2D eigenvalue weighted by atomic mass is 32.2. The molecular weight excluding hydrogens is 234 g/mol. The van der Waals surface area contributed by atoms with E-state index in [1.807, 2.05) is 37.3 Å². The number of hydrogen-bond acceptors (Lipinski definition) is 3. The van der Waals surface area contributed by atoms with Crippen molar-refractivity contribution in [3.05, 3.63) is 35.4 Å². The number of nitrogens with zero attached hydrogens (tertiary/aromatic N) is 1. The molecule has 1 unspecified atom stereocenters. The summed E-state index contributed by atoms with van der Waals surface area (Å²) in [5.74, 6) is -0.609. The van der Waals surface area contributed by atoms with Gasteiger partial charge in [0.2, 0.25) is 0 Å². The molecular formula is C13H15NO2S. The third-order valence-electron chi connectivity index (χ3n) is 2.44. The highest BCUT2D eigenvalue weighted by Gasteiger charge is 2.17. The van der Waals surface area contributed by atoms with Crippen LogP contribution in [0.4, 0.5) is 0 Å². The first kappa shape index (κ1) is 13.6. The average molecular weight is 249 g/mol. The van der Waals surface area contributed by atoms with Gasteiger partial charge in [-0.25, -0.2) is 0 Å². The van der Waals surface area contributed by atoms with Gasteiger partial charge in [-0.3, -0.25) is 4.79 Å². The van der Waals surface area contributed by atoms with Crippen LogP contribution in [0, 0.1) is 18.3 Å².